The lowest BCUT2D eigenvalue weighted by Crippen LogP contribution is -2.32. The minimum atomic E-state index is -0.267. The average molecular weight is 411 g/mol. The number of hydrogen-bond acceptors (Lipinski definition) is 4. The molecule has 0 bridgehead atoms. The molecular formula is C19H24Cl2N4O2. The Labute approximate surface area is 171 Å². The lowest BCUT2D eigenvalue weighted by atomic mass is 10.1. The Morgan fingerprint density at radius 1 is 1.22 bits per heavy atom. The van der Waals surface area contributed by atoms with Gasteiger partial charge in [-0.05, 0) is 23.8 Å². The molecule has 0 aliphatic carbocycles. The molecule has 1 heterocycles. The van der Waals surface area contributed by atoms with Crippen molar-refractivity contribution >= 4 is 48.0 Å². The van der Waals surface area contributed by atoms with Crippen LogP contribution in [0.4, 0.5) is 11.4 Å². The molecule has 0 radical (unpaired) electrons. The van der Waals surface area contributed by atoms with Crippen LogP contribution in [0.25, 0.3) is 0 Å². The first-order valence-electron chi connectivity index (χ1n) is 8.28. The Balaban J connectivity index is 0.00000182. The van der Waals surface area contributed by atoms with Gasteiger partial charge in [0.1, 0.15) is 0 Å². The van der Waals surface area contributed by atoms with Crippen LogP contribution in [-0.4, -0.2) is 32.0 Å². The Kier molecular flexibility index (Phi) is 8.56. The zero-order valence-electron chi connectivity index (χ0n) is 15.0. The fourth-order valence-corrected chi connectivity index (χ4v) is 2.84. The molecule has 0 aromatic heterocycles. The van der Waals surface area contributed by atoms with E-state index in [0.29, 0.717) is 30.8 Å². The van der Waals surface area contributed by atoms with Crippen molar-refractivity contribution in [3.8, 4) is 0 Å². The van der Waals surface area contributed by atoms with E-state index in [1.54, 1.807) is 12.1 Å². The van der Waals surface area contributed by atoms with Crippen LogP contribution in [0, 0.1) is 0 Å². The number of anilines is 2. The summed E-state index contributed by atoms with van der Waals surface area (Å²) in [5, 5.41) is 5.71. The van der Waals surface area contributed by atoms with E-state index in [1.807, 2.05) is 48.3 Å². The van der Waals surface area contributed by atoms with Crippen LogP contribution in [0.3, 0.4) is 0 Å². The molecule has 1 unspecified atom stereocenters. The second-order valence-corrected chi connectivity index (χ2v) is 6.18. The molecule has 2 amide bonds. The summed E-state index contributed by atoms with van der Waals surface area (Å²) in [5.74, 6) is -0.260. The molecule has 2 aromatic carbocycles. The van der Waals surface area contributed by atoms with Gasteiger partial charge in [-0.25, -0.2) is 0 Å². The summed E-state index contributed by atoms with van der Waals surface area (Å²) in [6, 6.07) is 14.7. The molecule has 1 aliphatic heterocycles. The van der Waals surface area contributed by atoms with E-state index in [4.69, 9.17) is 5.73 Å². The van der Waals surface area contributed by atoms with Crippen LogP contribution < -0.4 is 21.3 Å². The van der Waals surface area contributed by atoms with Crippen LogP contribution >= 0.6 is 24.8 Å². The Morgan fingerprint density at radius 2 is 1.93 bits per heavy atom. The Bertz CT molecular complexity index is 787. The second-order valence-electron chi connectivity index (χ2n) is 6.18. The average Bonchev–Trinajstić information content (AvgIpc) is 2.78. The lowest BCUT2D eigenvalue weighted by molar-refractivity contribution is -0.115. The minimum absolute atomic E-state index is 0. The molecule has 0 fully saturated rings. The summed E-state index contributed by atoms with van der Waals surface area (Å²) in [7, 11) is 1.93. The van der Waals surface area contributed by atoms with Crippen LogP contribution in [0.1, 0.15) is 28.4 Å². The van der Waals surface area contributed by atoms with Gasteiger partial charge in [-0.15, -0.1) is 24.8 Å². The molecule has 0 saturated heterocycles. The van der Waals surface area contributed by atoms with Crippen LogP contribution in [0.5, 0.6) is 0 Å². The maximum absolute atomic E-state index is 12.4. The number of halogens is 2. The van der Waals surface area contributed by atoms with Crippen molar-refractivity contribution in [1.82, 2.24) is 5.32 Å². The van der Waals surface area contributed by atoms with E-state index in [0.717, 1.165) is 11.3 Å². The van der Waals surface area contributed by atoms with Gasteiger partial charge in [-0.3, -0.25) is 9.59 Å². The van der Waals surface area contributed by atoms with E-state index < -0.39 is 0 Å². The number of nitrogens with two attached hydrogens (primary N) is 1. The largest absolute Gasteiger partial charge is 0.372 e. The van der Waals surface area contributed by atoms with E-state index in [2.05, 4.69) is 10.6 Å². The van der Waals surface area contributed by atoms with Crippen LogP contribution in [0.15, 0.2) is 48.5 Å². The van der Waals surface area contributed by atoms with Gasteiger partial charge in [0, 0.05) is 38.2 Å². The maximum atomic E-state index is 12.4. The minimum Gasteiger partial charge on any atom is -0.372 e. The third kappa shape index (κ3) is 5.60. The molecule has 0 spiro atoms. The van der Waals surface area contributed by atoms with E-state index in [1.165, 1.54) is 0 Å². The molecule has 4 N–H and O–H groups in total. The number of rotatable bonds is 4. The van der Waals surface area contributed by atoms with Crippen molar-refractivity contribution in [2.75, 3.05) is 30.4 Å². The summed E-state index contributed by atoms with van der Waals surface area (Å²) < 4.78 is 0. The molecule has 1 atom stereocenters. The predicted molar refractivity (Wildman–Crippen MR) is 113 cm³/mol. The highest BCUT2D eigenvalue weighted by Crippen LogP contribution is 2.28. The number of amides is 2. The highest BCUT2D eigenvalue weighted by Gasteiger charge is 2.18. The highest BCUT2D eigenvalue weighted by atomic mass is 35.5. The number of benzene rings is 2. The normalized spacial score (nSPS) is 13.9. The molecule has 3 rings (SSSR count). The zero-order valence-corrected chi connectivity index (χ0v) is 16.6. The van der Waals surface area contributed by atoms with Gasteiger partial charge >= 0.3 is 0 Å². The SMILES string of the molecule is CN1CCC(=O)Nc2cc(C(=O)NCC(N)c3ccccc3)ccc21.Cl.Cl. The number of nitrogens with one attached hydrogen (secondary N) is 2. The number of nitrogens with zero attached hydrogens (tertiary/aromatic N) is 1. The summed E-state index contributed by atoms with van der Waals surface area (Å²) >= 11 is 0. The summed E-state index contributed by atoms with van der Waals surface area (Å²) in [4.78, 5) is 26.2. The topological polar surface area (TPSA) is 87.5 Å². The first-order valence-corrected chi connectivity index (χ1v) is 8.28. The van der Waals surface area contributed by atoms with Crippen LogP contribution in [0.2, 0.25) is 0 Å². The molecule has 2 aromatic rings. The number of hydrogen-bond donors (Lipinski definition) is 3. The first kappa shape index (κ1) is 22.8. The van der Waals surface area contributed by atoms with E-state index in [9.17, 15) is 9.59 Å². The molecule has 6 nitrogen and oxygen atoms in total. The fourth-order valence-electron chi connectivity index (χ4n) is 2.84. The monoisotopic (exact) mass is 410 g/mol. The summed E-state index contributed by atoms with van der Waals surface area (Å²) in [6.45, 7) is 0.989. The predicted octanol–water partition coefficient (Wildman–Crippen LogP) is 2.74. The quantitative estimate of drug-likeness (QED) is 0.722. The Hall–Kier alpha value is -2.28. The lowest BCUT2D eigenvalue weighted by Gasteiger charge is -2.19. The molecule has 1 aliphatic rings. The van der Waals surface area contributed by atoms with Gasteiger partial charge in [-0.1, -0.05) is 30.3 Å². The van der Waals surface area contributed by atoms with Gasteiger partial charge in [0.15, 0.2) is 0 Å². The fraction of sp³-hybridized carbons (Fsp3) is 0.263. The molecule has 146 valence electrons. The van der Waals surface area contributed by atoms with Crippen molar-refractivity contribution < 1.29 is 9.59 Å². The highest BCUT2D eigenvalue weighted by molar-refractivity contribution is 6.00. The number of carbonyl (C=O) groups excluding carboxylic acids is 2. The third-order valence-corrected chi connectivity index (χ3v) is 4.33. The first-order chi connectivity index (χ1) is 12.0. The summed E-state index contributed by atoms with van der Waals surface area (Å²) in [5.41, 5.74) is 9.14. The van der Waals surface area contributed by atoms with Crippen molar-refractivity contribution in [3.05, 3.63) is 59.7 Å². The third-order valence-electron chi connectivity index (χ3n) is 4.33. The standard InChI is InChI=1S/C19H22N4O2.2ClH/c1-23-10-9-18(24)22-16-11-14(7-8-17(16)23)19(25)21-12-15(20)13-5-3-2-4-6-13;;/h2-8,11,15H,9-10,12,20H2,1H3,(H,21,25)(H,22,24);2*1H. The van der Waals surface area contributed by atoms with Crippen molar-refractivity contribution in [3.63, 3.8) is 0 Å². The number of fused-ring (bicyclic) bond motifs is 1. The van der Waals surface area contributed by atoms with E-state index >= 15 is 0 Å². The smallest absolute Gasteiger partial charge is 0.251 e. The van der Waals surface area contributed by atoms with Gasteiger partial charge in [0.2, 0.25) is 5.91 Å². The van der Waals surface area contributed by atoms with Gasteiger partial charge < -0.3 is 21.3 Å². The number of carbonyl (C=O) groups is 2. The second kappa shape index (κ2) is 10.2. The molecule has 8 heteroatoms. The molecule has 0 saturated carbocycles. The van der Waals surface area contributed by atoms with Crippen molar-refractivity contribution in [2.45, 2.75) is 12.5 Å². The van der Waals surface area contributed by atoms with Gasteiger partial charge in [0.25, 0.3) is 5.91 Å². The van der Waals surface area contributed by atoms with E-state index in [-0.39, 0.29) is 42.7 Å². The van der Waals surface area contributed by atoms with Gasteiger partial charge in [-0.2, -0.15) is 0 Å². The molecular weight excluding hydrogens is 387 g/mol. The Morgan fingerprint density at radius 3 is 2.63 bits per heavy atom. The zero-order chi connectivity index (χ0) is 17.8. The summed E-state index contributed by atoms with van der Waals surface area (Å²) in [6.07, 6.45) is 0.429. The maximum Gasteiger partial charge on any atom is 0.251 e. The van der Waals surface area contributed by atoms with Crippen LogP contribution in [-0.2, 0) is 4.79 Å². The molecule has 27 heavy (non-hydrogen) atoms. The van der Waals surface area contributed by atoms with Crippen molar-refractivity contribution in [2.24, 2.45) is 5.73 Å². The van der Waals surface area contributed by atoms with Crippen molar-refractivity contribution in [1.29, 1.82) is 0 Å². The van der Waals surface area contributed by atoms with Gasteiger partial charge in [0.05, 0.1) is 11.4 Å².